The Kier molecular flexibility index (Phi) is 5.44. The monoisotopic (exact) mass is 263 g/mol. The number of hydrogen-bond acceptors (Lipinski definition) is 2. The van der Waals surface area contributed by atoms with Gasteiger partial charge in [-0.3, -0.25) is 4.68 Å². The van der Waals surface area contributed by atoms with E-state index in [2.05, 4.69) is 30.5 Å². The van der Waals surface area contributed by atoms with Crippen LogP contribution in [0.3, 0.4) is 0 Å². The zero-order valence-electron chi connectivity index (χ0n) is 12.7. The van der Waals surface area contributed by atoms with Crippen molar-refractivity contribution < 1.29 is 0 Å². The SMILES string of the molecule is CC(C)NCC(CCc1cnn(C)c1)C1CCCC1. The number of hydrogen-bond donors (Lipinski definition) is 1. The van der Waals surface area contributed by atoms with Crippen molar-refractivity contribution >= 4 is 0 Å². The lowest BCUT2D eigenvalue weighted by atomic mass is 9.86. The van der Waals surface area contributed by atoms with E-state index in [0.717, 1.165) is 11.8 Å². The lowest BCUT2D eigenvalue weighted by Crippen LogP contribution is -2.32. The van der Waals surface area contributed by atoms with Gasteiger partial charge in [0.15, 0.2) is 0 Å². The molecule has 1 heterocycles. The van der Waals surface area contributed by atoms with Gasteiger partial charge in [0, 0.05) is 19.3 Å². The Balaban J connectivity index is 1.85. The molecule has 0 amide bonds. The lowest BCUT2D eigenvalue weighted by Gasteiger charge is -2.25. The smallest absolute Gasteiger partial charge is 0.0521 e. The van der Waals surface area contributed by atoms with Gasteiger partial charge in [-0.15, -0.1) is 0 Å². The van der Waals surface area contributed by atoms with Crippen molar-refractivity contribution in [1.29, 1.82) is 0 Å². The first-order chi connectivity index (χ1) is 9.15. The summed E-state index contributed by atoms with van der Waals surface area (Å²) in [7, 11) is 2.00. The van der Waals surface area contributed by atoms with Gasteiger partial charge in [-0.2, -0.15) is 5.10 Å². The number of nitrogens with zero attached hydrogens (tertiary/aromatic N) is 2. The van der Waals surface area contributed by atoms with Crippen LogP contribution in [-0.2, 0) is 13.5 Å². The predicted molar refractivity (Wildman–Crippen MR) is 80.1 cm³/mol. The van der Waals surface area contributed by atoms with E-state index in [-0.39, 0.29) is 0 Å². The third kappa shape index (κ3) is 4.64. The van der Waals surface area contributed by atoms with Crippen molar-refractivity contribution in [3.05, 3.63) is 18.0 Å². The van der Waals surface area contributed by atoms with Gasteiger partial charge in [0.25, 0.3) is 0 Å². The molecule has 0 radical (unpaired) electrons. The zero-order valence-corrected chi connectivity index (χ0v) is 12.7. The van der Waals surface area contributed by atoms with E-state index >= 15 is 0 Å². The van der Waals surface area contributed by atoms with Gasteiger partial charge in [0.1, 0.15) is 0 Å². The summed E-state index contributed by atoms with van der Waals surface area (Å²) in [5, 5.41) is 7.91. The molecule has 1 aromatic heterocycles. The normalized spacial score (nSPS) is 18.3. The van der Waals surface area contributed by atoms with E-state index in [1.54, 1.807) is 0 Å². The van der Waals surface area contributed by atoms with Crippen LogP contribution in [0, 0.1) is 11.8 Å². The molecule has 0 bridgehead atoms. The Morgan fingerprint density at radius 1 is 1.37 bits per heavy atom. The first kappa shape index (κ1) is 14.6. The van der Waals surface area contributed by atoms with Gasteiger partial charge in [0.2, 0.25) is 0 Å². The molecule has 1 atom stereocenters. The maximum absolute atomic E-state index is 4.27. The Morgan fingerprint density at radius 3 is 2.68 bits per heavy atom. The van der Waals surface area contributed by atoms with E-state index in [4.69, 9.17) is 0 Å². The summed E-state index contributed by atoms with van der Waals surface area (Å²) in [4.78, 5) is 0. The summed E-state index contributed by atoms with van der Waals surface area (Å²) in [5.41, 5.74) is 1.38. The van der Waals surface area contributed by atoms with Crippen molar-refractivity contribution in [2.45, 2.75) is 58.4 Å². The first-order valence-corrected chi connectivity index (χ1v) is 7.86. The summed E-state index contributed by atoms with van der Waals surface area (Å²) in [6, 6.07) is 0.599. The molecule has 2 rings (SSSR count). The van der Waals surface area contributed by atoms with Gasteiger partial charge >= 0.3 is 0 Å². The molecule has 1 aliphatic carbocycles. The van der Waals surface area contributed by atoms with Crippen LogP contribution in [0.2, 0.25) is 0 Å². The highest BCUT2D eigenvalue weighted by Crippen LogP contribution is 2.33. The van der Waals surface area contributed by atoms with Gasteiger partial charge in [-0.05, 0) is 36.8 Å². The van der Waals surface area contributed by atoms with Crippen molar-refractivity contribution in [2.24, 2.45) is 18.9 Å². The predicted octanol–water partition coefficient (Wildman–Crippen LogP) is 3.16. The number of rotatable bonds is 7. The minimum atomic E-state index is 0.599. The highest BCUT2D eigenvalue weighted by molar-refractivity contribution is 5.03. The topological polar surface area (TPSA) is 29.9 Å². The average Bonchev–Trinajstić information content (AvgIpc) is 3.00. The molecule has 1 unspecified atom stereocenters. The molecule has 0 aromatic carbocycles. The fourth-order valence-electron chi connectivity index (χ4n) is 3.27. The van der Waals surface area contributed by atoms with Crippen LogP contribution in [0.15, 0.2) is 12.4 Å². The van der Waals surface area contributed by atoms with Crippen LogP contribution in [0.5, 0.6) is 0 Å². The second kappa shape index (κ2) is 7.09. The van der Waals surface area contributed by atoms with Crippen molar-refractivity contribution in [3.63, 3.8) is 0 Å². The highest BCUT2D eigenvalue weighted by atomic mass is 15.2. The lowest BCUT2D eigenvalue weighted by molar-refractivity contribution is 0.297. The second-order valence-electron chi connectivity index (χ2n) is 6.43. The first-order valence-electron chi connectivity index (χ1n) is 7.86. The zero-order chi connectivity index (χ0) is 13.7. The van der Waals surface area contributed by atoms with Crippen molar-refractivity contribution in [2.75, 3.05) is 6.54 Å². The van der Waals surface area contributed by atoms with E-state index in [9.17, 15) is 0 Å². The summed E-state index contributed by atoms with van der Waals surface area (Å²) >= 11 is 0. The van der Waals surface area contributed by atoms with Gasteiger partial charge in [-0.25, -0.2) is 0 Å². The van der Waals surface area contributed by atoms with E-state index in [1.165, 1.54) is 50.6 Å². The number of aromatic nitrogens is 2. The number of aryl methyl sites for hydroxylation is 2. The molecule has 1 fully saturated rings. The molecule has 0 saturated heterocycles. The van der Waals surface area contributed by atoms with Gasteiger partial charge < -0.3 is 5.32 Å². The van der Waals surface area contributed by atoms with Crippen LogP contribution in [0.25, 0.3) is 0 Å². The van der Waals surface area contributed by atoms with Crippen molar-refractivity contribution in [3.8, 4) is 0 Å². The Bertz CT molecular complexity index is 364. The molecule has 1 aliphatic rings. The molecule has 1 saturated carbocycles. The van der Waals surface area contributed by atoms with Gasteiger partial charge in [-0.1, -0.05) is 39.5 Å². The molecule has 1 aromatic rings. The Hall–Kier alpha value is -0.830. The number of nitrogens with one attached hydrogen (secondary N) is 1. The van der Waals surface area contributed by atoms with E-state index in [0.29, 0.717) is 6.04 Å². The molecule has 108 valence electrons. The van der Waals surface area contributed by atoms with Crippen LogP contribution in [-0.4, -0.2) is 22.4 Å². The summed E-state index contributed by atoms with van der Waals surface area (Å²) in [5.74, 6) is 1.79. The second-order valence-corrected chi connectivity index (χ2v) is 6.43. The molecule has 3 heteroatoms. The van der Waals surface area contributed by atoms with Crippen LogP contribution >= 0.6 is 0 Å². The minimum absolute atomic E-state index is 0.599. The molecular formula is C16H29N3. The summed E-state index contributed by atoms with van der Waals surface area (Å²) in [6.07, 6.45) is 12.4. The maximum atomic E-state index is 4.27. The standard InChI is InChI=1S/C16H29N3/c1-13(2)17-11-16(15-6-4-5-7-15)9-8-14-10-18-19(3)12-14/h10,12-13,15-17H,4-9,11H2,1-3H3. The van der Waals surface area contributed by atoms with Crippen molar-refractivity contribution in [1.82, 2.24) is 15.1 Å². The van der Waals surface area contributed by atoms with Crippen LogP contribution < -0.4 is 5.32 Å². The Labute approximate surface area is 117 Å². The summed E-state index contributed by atoms with van der Waals surface area (Å²) < 4.78 is 1.91. The fraction of sp³-hybridized carbons (Fsp3) is 0.812. The van der Waals surface area contributed by atoms with Gasteiger partial charge in [0.05, 0.1) is 6.20 Å². The highest BCUT2D eigenvalue weighted by Gasteiger charge is 2.24. The van der Waals surface area contributed by atoms with E-state index < -0.39 is 0 Å². The largest absolute Gasteiger partial charge is 0.314 e. The molecule has 0 spiro atoms. The minimum Gasteiger partial charge on any atom is -0.314 e. The molecule has 0 aliphatic heterocycles. The maximum Gasteiger partial charge on any atom is 0.0521 e. The third-order valence-electron chi connectivity index (χ3n) is 4.42. The molecular weight excluding hydrogens is 234 g/mol. The quantitative estimate of drug-likeness (QED) is 0.819. The Morgan fingerprint density at radius 2 is 2.11 bits per heavy atom. The molecule has 3 nitrogen and oxygen atoms in total. The summed E-state index contributed by atoms with van der Waals surface area (Å²) in [6.45, 7) is 5.67. The van der Waals surface area contributed by atoms with Crippen LogP contribution in [0.1, 0.15) is 51.5 Å². The third-order valence-corrected chi connectivity index (χ3v) is 4.42. The van der Waals surface area contributed by atoms with Crippen LogP contribution in [0.4, 0.5) is 0 Å². The average molecular weight is 263 g/mol. The molecule has 19 heavy (non-hydrogen) atoms. The van der Waals surface area contributed by atoms with E-state index in [1.807, 2.05) is 17.9 Å². The molecule has 1 N–H and O–H groups in total. The fourth-order valence-corrected chi connectivity index (χ4v) is 3.27.